The zero-order valence-electron chi connectivity index (χ0n) is 10.2. The number of hydrogen-bond donors (Lipinski definition) is 1. The summed E-state index contributed by atoms with van der Waals surface area (Å²) in [5.74, 6) is 0.853. The normalized spacial score (nSPS) is 11.2. The van der Waals surface area contributed by atoms with Crippen LogP contribution >= 0.6 is 11.8 Å². The molecule has 0 saturated carbocycles. The largest absolute Gasteiger partial charge is 0.478 e. The van der Waals surface area contributed by atoms with Gasteiger partial charge >= 0.3 is 5.97 Å². The lowest BCUT2D eigenvalue weighted by Crippen LogP contribution is -1.90. The molecule has 0 heterocycles. The van der Waals surface area contributed by atoms with Crippen LogP contribution in [0, 0.1) is 5.92 Å². The van der Waals surface area contributed by atoms with Crippen LogP contribution in [0.25, 0.3) is 6.08 Å². The topological polar surface area (TPSA) is 37.3 Å². The van der Waals surface area contributed by atoms with Crippen LogP contribution in [0.5, 0.6) is 0 Å². The molecule has 0 fully saturated rings. The van der Waals surface area contributed by atoms with Gasteiger partial charge in [0.1, 0.15) is 0 Å². The third-order valence-corrected chi connectivity index (χ3v) is 3.40. The van der Waals surface area contributed by atoms with E-state index in [0.29, 0.717) is 5.92 Å². The molecule has 17 heavy (non-hydrogen) atoms. The van der Waals surface area contributed by atoms with Crippen LogP contribution in [0.4, 0.5) is 0 Å². The Morgan fingerprint density at radius 3 is 2.76 bits per heavy atom. The second-order valence-corrected chi connectivity index (χ2v) is 5.38. The minimum absolute atomic E-state index is 0.698. The van der Waals surface area contributed by atoms with Crippen molar-refractivity contribution in [1.29, 1.82) is 0 Å². The van der Waals surface area contributed by atoms with Gasteiger partial charge in [-0.2, -0.15) is 0 Å². The van der Waals surface area contributed by atoms with Crippen LogP contribution < -0.4 is 0 Å². The van der Waals surface area contributed by atoms with Crippen molar-refractivity contribution in [3.63, 3.8) is 0 Å². The van der Waals surface area contributed by atoms with E-state index in [2.05, 4.69) is 13.8 Å². The van der Waals surface area contributed by atoms with Crippen molar-refractivity contribution < 1.29 is 9.90 Å². The molecule has 1 aromatic carbocycles. The highest BCUT2D eigenvalue weighted by Crippen LogP contribution is 2.25. The summed E-state index contributed by atoms with van der Waals surface area (Å²) in [4.78, 5) is 11.6. The van der Waals surface area contributed by atoms with Crippen molar-refractivity contribution in [2.75, 3.05) is 5.75 Å². The first kappa shape index (κ1) is 13.8. The Morgan fingerprint density at radius 2 is 2.12 bits per heavy atom. The minimum atomic E-state index is -0.910. The molecule has 0 unspecified atom stereocenters. The standard InChI is InChI=1S/C14H18O2S/c1-11(2)9-10-17-13-6-4-3-5-12(13)7-8-14(15)16/h3-8,11H,9-10H2,1-2H3,(H,15,16). The van der Waals surface area contributed by atoms with Gasteiger partial charge in [0.25, 0.3) is 0 Å². The number of aliphatic carboxylic acids is 1. The van der Waals surface area contributed by atoms with Crippen molar-refractivity contribution in [1.82, 2.24) is 0 Å². The summed E-state index contributed by atoms with van der Waals surface area (Å²) < 4.78 is 0. The first-order valence-electron chi connectivity index (χ1n) is 5.72. The number of hydrogen-bond acceptors (Lipinski definition) is 2. The highest BCUT2D eigenvalue weighted by Gasteiger charge is 2.01. The molecule has 0 radical (unpaired) electrons. The highest BCUT2D eigenvalue weighted by atomic mass is 32.2. The Balaban J connectivity index is 2.67. The van der Waals surface area contributed by atoms with Gasteiger partial charge in [-0.15, -0.1) is 11.8 Å². The van der Waals surface area contributed by atoms with Crippen LogP contribution in [-0.4, -0.2) is 16.8 Å². The van der Waals surface area contributed by atoms with E-state index in [9.17, 15) is 4.79 Å². The molecule has 2 nitrogen and oxygen atoms in total. The van der Waals surface area contributed by atoms with Gasteiger partial charge in [-0.05, 0) is 35.8 Å². The zero-order valence-corrected chi connectivity index (χ0v) is 11.0. The molecule has 92 valence electrons. The van der Waals surface area contributed by atoms with Crippen molar-refractivity contribution in [2.24, 2.45) is 5.92 Å². The summed E-state index contributed by atoms with van der Waals surface area (Å²) in [6, 6.07) is 7.88. The van der Waals surface area contributed by atoms with Crippen LogP contribution in [0.15, 0.2) is 35.2 Å². The minimum Gasteiger partial charge on any atom is -0.478 e. The van der Waals surface area contributed by atoms with Crippen molar-refractivity contribution in [3.8, 4) is 0 Å². The van der Waals surface area contributed by atoms with Gasteiger partial charge in [-0.25, -0.2) is 4.79 Å². The second-order valence-electron chi connectivity index (χ2n) is 4.24. The number of rotatable bonds is 6. The molecule has 1 rings (SSSR count). The molecule has 3 heteroatoms. The van der Waals surface area contributed by atoms with E-state index in [1.54, 1.807) is 17.8 Å². The maximum absolute atomic E-state index is 10.5. The van der Waals surface area contributed by atoms with Crippen LogP contribution in [-0.2, 0) is 4.79 Å². The fourth-order valence-corrected chi connectivity index (χ4v) is 2.60. The van der Waals surface area contributed by atoms with Crippen molar-refractivity contribution >= 4 is 23.8 Å². The van der Waals surface area contributed by atoms with Gasteiger partial charge in [0.05, 0.1) is 0 Å². The lowest BCUT2D eigenvalue weighted by Gasteiger charge is -2.07. The van der Waals surface area contributed by atoms with E-state index in [1.165, 1.54) is 12.5 Å². The van der Waals surface area contributed by atoms with Crippen LogP contribution in [0.1, 0.15) is 25.8 Å². The van der Waals surface area contributed by atoms with Crippen LogP contribution in [0.2, 0.25) is 0 Å². The Hall–Kier alpha value is -1.22. The van der Waals surface area contributed by atoms with E-state index in [4.69, 9.17) is 5.11 Å². The van der Waals surface area contributed by atoms with E-state index < -0.39 is 5.97 Å². The van der Waals surface area contributed by atoms with E-state index in [-0.39, 0.29) is 0 Å². The van der Waals surface area contributed by atoms with E-state index in [1.807, 2.05) is 24.3 Å². The summed E-state index contributed by atoms with van der Waals surface area (Å²) in [6.07, 6.45) is 4.00. The molecule has 1 N–H and O–H groups in total. The lowest BCUT2D eigenvalue weighted by atomic mass is 10.2. The van der Waals surface area contributed by atoms with Gasteiger partial charge in [0.15, 0.2) is 0 Å². The van der Waals surface area contributed by atoms with E-state index >= 15 is 0 Å². The molecular formula is C14H18O2S. The maximum Gasteiger partial charge on any atom is 0.328 e. The van der Waals surface area contributed by atoms with Crippen molar-refractivity contribution in [3.05, 3.63) is 35.9 Å². The Bertz CT molecular complexity index is 397. The predicted octanol–water partition coefficient (Wildman–Crippen LogP) is 3.92. The number of thioether (sulfide) groups is 1. The molecule has 0 amide bonds. The third-order valence-electron chi connectivity index (χ3n) is 2.28. The average Bonchev–Trinajstić information content (AvgIpc) is 2.27. The summed E-state index contributed by atoms with van der Waals surface area (Å²) in [6.45, 7) is 4.41. The van der Waals surface area contributed by atoms with Gasteiger partial charge in [0.2, 0.25) is 0 Å². The second kappa shape index (κ2) is 7.17. The number of benzene rings is 1. The molecule has 0 aromatic heterocycles. The first-order chi connectivity index (χ1) is 8.09. The quantitative estimate of drug-likeness (QED) is 0.614. The monoisotopic (exact) mass is 250 g/mol. The van der Waals surface area contributed by atoms with Gasteiger partial charge < -0.3 is 5.11 Å². The Kier molecular flexibility index (Phi) is 5.84. The fraction of sp³-hybridized carbons (Fsp3) is 0.357. The van der Waals surface area contributed by atoms with Gasteiger partial charge in [-0.3, -0.25) is 0 Å². The average molecular weight is 250 g/mol. The highest BCUT2D eigenvalue weighted by molar-refractivity contribution is 7.99. The van der Waals surface area contributed by atoms with Gasteiger partial charge in [0, 0.05) is 11.0 Å². The number of carboxylic acids is 1. The molecule has 0 spiro atoms. The first-order valence-corrected chi connectivity index (χ1v) is 6.71. The smallest absolute Gasteiger partial charge is 0.328 e. The molecule has 0 aliphatic rings. The summed E-state index contributed by atoms with van der Waals surface area (Å²) in [7, 11) is 0. The molecule has 0 aliphatic heterocycles. The molecule has 0 bridgehead atoms. The van der Waals surface area contributed by atoms with Crippen LogP contribution in [0.3, 0.4) is 0 Å². The summed E-state index contributed by atoms with van der Waals surface area (Å²) in [5.41, 5.74) is 0.976. The zero-order chi connectivity index (χ0) is 12.7. The van der Waals surface area contributed by atoms with E-state index in [0.717, 1.165) is 16.2 Å². The maximum atomic E-state index is 10.5. The summed E-state index contributed by atoms with van der Waals surface area (Å²) >= 11 is 1.78. The SMILES string of the molecule is CC(C)CCSc1ccccc1C=CC(=O)O. The number of carboxylic acid groups (broad SMARTS) is 1. The predicted molar refractivity (Wildman–Crippen MR) is 73.3 cm³/mol. The molecule has 0 aliphatic carbocycles. The van der Waals surface area contributed by atoms with Crippen molar-refractivity contribution in [2.45, 2.75) is 25.2 Å². The third kappa shape index (κ3) is 5.59. The molecule has 0 atom stereocenters. The fourth-order valence-electron chi connectivity index (χ4n) is 1.32. The van der Waals surface area contributed by atoms with Gasteiger partial charge in [-0.1, -0.05) is 32.0 Å². The Morgan fingerprint density at radius 1 is 1.41 bits per heavy atom. The number of carbonyl (C=O) groups is 1. The summed E-state index contributed by atoms with van der Waals surface area (Å²) in [5, 5.41) is 8.62. The molecule has 1 aromatic rings. The lowest BCUT2D eigenvalue weighted by molar-refractivity contribution is -0.131. The Labute approximate surface area is 107 Å². The molecule has 0 saturated heterocycles. The molecular weight excluding hydrogens is 232 g/mol.